The summed E-state index contributed by atoms with van der Waals surface area (Å²) in [4.78, 5) is 20.6. The first-order valence-corrected chi connectivity index (χ1v) is 7.57. The van der Waals surface area contributed by atoms with E-state index in [4.69, 9.17) is 10.5 Å². The van der Waals surface area contributed by atoms with E-state index in [1.165, 1.54) is 6.20 Å². The van der Waals surface area contributed by atoms with Crippen LogP contribution in [0.15, 0.2) is 42.6 Å². The minimum Gasteiger partial charge on any atom is -0.497 e. The zero-order valence-electron chi connectivity index (χ0n) is 13.1. The number of methoxy groups -OCH3 is 1. The van der Waals surface area contributed by atoms with Crippen LogP contribution in [0, 0.1) is 0 Å². The average Bonchev–Trinajstić information content (AvgIpc) is 2.62. The lowest BCUT2D eigenvalue weighted by molar-refractivity contribution is 0.0741. The van der Waals surface area contributed by atoms with Gasteiger partial charge in [-0.05, 0) is 24.3 Å². The van der Waals surface area contributed by atoms with Crippen molar-refractivity contribution in [1.29, 1.82) is 0 Å². The molecule has 0 atom stereocenters. The van der Waals surface area contributed by atoms with Gasteiger partial charge in [0.2, 0.25) is 0 Å². The van der Waals surface area contributed by atoms with Gasteiger partial charge < -0.3 is 20.3 Å². The van der Waals surface area contributed by atoms with Crippen molar-refractivity contribution in [3.05, 3.63) is 48.3 Å². The maximum absolute atomic E-state index is 12.4. The van der Waals surface area contributed by atoms with Gasteiger partial charge in [-0.3, -0.25) is 4.79 Å². The Morgan fingerprint density at radius 1 is 1.17 bits per heavy atom. The van der Waals surface area contributed by atoms with Gasteiger partial charge >= 0.3 is 0 Å². The summed E-state index contributed by atoms with van der Waals surface area (Å²) < 4.78 is 5.26. The highest BCUT2D eigenvalue weighted by molar-refractivity contribution is 5.92. The van der Waals surface area contributed by atoms with E-state index in [1.54, 1.807) is 19.2 Å². The van der Waals surface area contributed by atoms with Crippen LogP contribution >= 0.6 is 0 Å². The summed E-state index contributed by atoms with van der Waals surface area (Å²) in [6.45, 7) is 2.91. The molecule has 1 amide bonds. The highest BCUT2D eigenvalue weighted by Gasteiger charge is 2.23. The second kappa shape index (κ2) is 6.56. The number of nitrogen functional groups attached to an aromatic ring is 1. The fourth-order valence-electron chi connectivity index (χ4n) is 2.67. The van der Waals surface area contributed by atoms with Gasteiger partial charge in [0.25, 0.3) is 5.91 Å². The van der Waals surface area contributed by atoms with Gasteiger partial charge in [-0.1, -0.05) is 6.07 Å². The normalized spacial score (nSPS) is 14.7. The number of benzene rings is 1. The number of carbonyl (C=O) groups is 1. The molecule has 1 aliphatic heterocycles. The third-order valence-electron chi connectivity index (χ3n) is 3.99. The summed E-state index contributed by atoms with van der Waals surface area (Å²) in [6, 6.07) is 11.3. The molecule has 0 unspecified atom stereocenters. The molecule has 0 aliphatic carbocycles. The van der Waals surface area contributed by atoms with Crippen LogP contribution in [-0.4, -0.2) is 49.1 Å². The van der Waals surface area contributed by atoms with E-state index in [0.29, 0.717) is 24.5 Å². The average molecular weight is 312 g/mol. The zero-order chi connectivity index (χ0) is 16.2. The highest BCUT2D eigenvalue weighted by atomic mass is 16.5. The molecule has 2 heterocycles. The molecular weight excluding hydrogens is 292 g/mol. The van der Waals surface area contributed by atoms with Crippen molar-refractivity contribution in [3.8, 4) is 5.75 Å². The van der Waals surface area contributed by atoms with Crippen LogP contribution in [-0.2, 0) is 0 Å². The largest absolute Gasteiger partial charge is 0.497 e. The first-order valence-electron chi connectivity index (χ1n) is 7.57. The summed E-state index contributed by atoms with van der Waals surface area (Å²) in [5.74, 6) is 0.794. The van der Waals surface area contributed by atoms with Crippen LogP contribution in [0.4, 0.5) is 11.4 Å². The fourth-order valence-corrected chi connectivity index (χ4v) is 2.67. The lowest BCUT2D eigenvalue weighted by atomic mass is 10.2. The molecule has 23 heavy (non-hydrogen) atoms. The van der Waals surface area contributed by atoms with Gasteiger partial charge in [-0.15, -0.1) is 0 Å². The number of aromatic nitrogens is 1. The molecule has 6 heteroatoms. The number of anilines is 2. The lowest BCUT2D eigenvalue weighted by Crippen LogP contribution is -2.49. The standard InChI is InChI=1S/C17H20N4O2/c1-23-15-4-2-3-14(11-15)20-7-9-21(10-8-20)17(22)16-6-5-13(18)12-19-16/h2-6,11-12H,7-10,18H2,1H3. The number of rotatable bonds is 3. The molecule has 1 fully saturated rings. The van der Waals surface area contributed by atoms with Crippen LogP contribution in [0.2, 0.25) is 0 Å². The summed E-state index contributed by atoms with van der Waals surface area (Å²) in [5.41, 5.74) is 7.72. The number of piperazine rings is 1. The third kappa shape index (κ3) is 3.36. The van der Waals surface area contributed by atoms with Gasteiger partial charge in [-0.25, -0.2) is 4.98 Å². The molecule has 0 spiro atoms. The number of carbonyl (C=O) groups excluding carboxylic acids is 1. The molecule has 6 nitrogen and oxygen atoms in total. The predicted octanol–water partition coefficient (Wildman–Crippen LogP) is 1.63. The Kier molecular flexibility index (Phi) is 4.32. The van der Waals surface area contributed by atoms with Crippen molar-refractivity contribution in [2.24, 2.45) is 0 Å². The Bertz CT molecular complexity index is 679. The van der Waals surface area contributed by atoms with Crippen molar-refractivity contribution >= 4 is 17.3 Å². The number of nitrogens with zero attached hydrogens (tertiary/aromatic N) is 3. The fraction of sp³-hybridized carbons (Fsp3) is 0.294. The number of pyridine rings is 1. The monoisotopic (exact) mass is 312 g/mol. The van der Waals surface area contributed by atoms with E-state index in [-0.39, 0.29) is 5.91 Å². The Balaban J connectivity index is 1.63. The van der Waals surface area contributed by atoms with Crippen molar-refractivity contribution in [2.45, 2.75) is 0 Å². The van der Waals surface area contributed by atoms with Crippen molar-refractivity contribution in [2.75, 3.05) is 43.9 Å². The van der Waals surface area contributed by atoms with E-state index in [1.807, 2.05) is 23.1 Å². The molecule has 3 rings (SSSR count). The van der Waals surface area contributed by atoms with E-state index < -0.39 is 0 Å². The van der Waals surface area contributed by atoms with Crippen LogP contribution in [0.1, 0.15) is 10.5 Å². The second-order valence-electron chi connectivity index (χ2n) is 5.46. The Labute approximate surface area is 135 Å². The molecular formula is C17H20N4O2. The van der Waals surface area contributed by atoms with E-state index in [0.717, 1.165) is 24.5 Å². The molecule has 2 N–H and O–H groups in total. The summed E-state index contributed by atoms with van der Waals surface area (Å²) >= 11 is 0. The molecule has 1 aromatic carbocycles. The summed E-state index contributed by atoms with van der Waals surface area (Å²) in [6.07, 6.45) is 1.51. The molecule has 0 bridgehead atoms. The number of hydrogen-bond donors (Lipinski definition) is 1. The van der Waals surface area contributed by atoms with Gasteiger partial charge in [0, 0.05) is 37.9 Å². The third-order valence-corrected chi connectivity index (χ3v) is 3.99. The Hall–Kier alpha value is -2.76. The number of hydrogen-bond acceptors (Lipinski definition) is 5. The maximum atomic E-state index is 12.4. The Morgan fingerprint density at radius 2 is 1.96 bits per heavy atom. The zero-order valence-corrected chi connectivity index (χ0v) is 13.1. The molecule has 1 aliphatic rings. The topological polar surface area (TPSA) is 71.7 Å². The summed E-state index contributed by atoms with van der Waals surface area (Å²) in [5, 5.41) is 0. The molecule has 0 radical (unpaired) electrons. The van der Waals surface area contributed by atoms with Crippen molar-refractivity contribution < 1.29 is 9.53 Å². The predicted molar refractivity (Wildman–Crippen MR) is 89.8 cm³/mol. The number of nitrogens with two attached hydrogens (primary N) is 1. The van der Waals surface area contributed by atoms with E-state index in [2.05, 4.69) is 16.0 Å². The van der Waals surface area contributed by atoms with Crippen LogP contribution < -0.4 is 15.4 Å². The maximum Gasteiger partial charge on any atom is 0.272 e. The van der Waals surface area contributed by atoms with Gasteiger partial charge in [-0.2, -0.15) is 0 Å². The number of ether oxygens (including phenoxy) is 1. The van der Waals surface area contributed by atoms with Crippen molar-refractivity contribution in [3.63, 3.8) is 0 Å². The van der Waals surface area contributed by atoms with Crippen LogP contribution in [0.3, 0.4) is 0 Å². The lowest BCUT2D eigenvalue weighted by Gasteiger charge is -2.36. The Morgan fingerprint density at radius 3 is 2.61 bits per heavy atom. The highest BCUT2D eigenvalue weighted by Crippen LogP contribution is 2.22. The first kappa shape index (κ1) is 15.1. The number of amides is 1. The van der Waals surface area contributed by atoms with Gasteiger partial charge in [0.1, 0.15) is 11.4 Å². The van der Waals surface area contributed by atoms with Crippen molar-refractivity contribution in [1.82, 2.24) is 9.88 Å². The summed E-state index contributed by atoms with van der Waals surface area (Å²) in [7, 11) is 1.66. The van der Waals surface area contributed by atoms with E-state index >= 15 is 0 Å². The quantitative estimate of drug-likeness (QED) is 0.933. The molecule has 0 saturated carbocycles. The minimum atomic E-state index is -0.0460. The van der Waals surface area contributed by atoms with Crippen LogP contribution in [0.25, 0.3) is 0 Å². The molecule has 1 saturated heterocycles. The SMILES string of the molecule is COc1cccc(N2CCN(C(=O)c3ccc(N)cn3)CC2)c1. The van der Waals surface area contributed by atoms with Crippen LogP contribution in [0.5, 0.6) is 5.75 Å². The molecule has 120 valence electrons. The van der Waals surface area contributed by atoms with Gasteiger partial charge in [0.05, 0.1) is 19.0 Å². The molecule has 1 aromatic heterocycles. The minimum absolute atomic E-state index is 0.0460. The second-order valence-corrected chi connectivity index (χ2v) is 5.46. The first-order chi connectivity index (χ1) is 11.2. The molecule has 2 aromatic rings. The van der Waals surface area contributed by atoms with Gasteiger partial charge in [0.15, 0.2) is 0 Å². The smallest absolute Gasteiger partial charge is 0.272 e. The van der Waals surface area contributed by atoms with E-state index in [9.17, 15) is 4.79 Å².